The maximum Gasteiger partial charge on any atom is 0.0465 e. The van der Waals surface area contributed by atoms with Gasteiger partial charge in [-0.25, -0.2) is 0 Å². The molecule has 0 fully saturated rings. The minimum absolute atomic E-state index is 0.184. The van der Waals surface area contributed by atoms with E-state index < -0.39 is 0 Å². The number of rotatable bonds is 7. The fraction of sp³-hybridized carbons (Fsp3) is 0.0847. The highest BCUT2D eigenvalue weighted by atomic mass is 15.1. The van der Waals surface area contributed by atoms with Crippen LogP contribution in [-0.4, -0.2) is 0 Å². The van der Waals surface area contributed by atoms with E-state index in [-0.39, 0.29) is 5.41 Å². The van der Waals surface area contributed by atoms with Gasteiger partial charge in [0.15, 0.2) is 0 Å². The molecule has 0 spiro atoms. The maximum absolute atomic E-state index is 2.44. The van der Waals surface area contributed by atoms with Gasteiger partial charge < -0.3 is 4.90 Å². The van der Waals surface area contributed by atoms with Crippen LogP contribution in [0.15, 0.2) is 206 Å². The quantitative estimate of drug-likeness (QED) is 0.156. The third-order valence-electron chi connectivity index (χ3n) is 13.0. The lowest BCUT2D eigenvalue weighted by Crippen LogP contribution is -2.16. The molecule has 1 nitrogen and oxygen atoms in total. The third kappa shape index (κ3) is 6.17. The topological polar surface area (TPSA) is 3.24 Å². The van der Waals surface area contributed by atoms with E-state index in [2.05, 4.69) is 231 Å². The summed E-state index contributed by atoms with van der Waals surface area (Å²) in [7, 11) is 0. The van der Waals surface area contributed by atoms with Crippen molar-refractivity contribution in [3.63, 3.8) is 0 Å². The molecule has 0 heterocycles. The molecule has 286 valence electrons. The molecule has 2 aliphatic rings. The summed E-state index contributed by atoms with van der Waals surface area (Å²) in [5, 5.41) is 2.68. The van der Waals surface area contributed by atoms with Gasteiger partial charge >= 0.3 is 0 Å². The summed E-state index contributed by atoms with van der Waals surface area (Å²) >= 11 is 0. The summed E-state index contributed by atoms with van der Waals surface area (Å²) in [6.45, 7) is 4.77. The van der Waals surface area contributed by atoms with Gasteiger partial charge in [-0.2, -0.15) is 0 Å². The summed E-state index contributed by atoms with van der Waals surface area (Å²) in [5.41, 5.74) is 21.3. The molecule has 60 heavy (non-hydrogen) atoms. The Morgan fingerprint density at radius 1 is 0.400 bits per heavy atom. The molecular formula is C59H45N. The van der Waals surface area contributed by atoms with E-state index in [9.17, 15) is 0 Å². The highest BCUT2D eigenvalue weighted by Crippen LogP contribution is 2.52. The molecule has 0 unspecified atom stereocenters. The molecule has 0 aromatic heterocycles. The predicted octanol–water partition coefficient (Wildman–Crippen LogP) is 16.2. The number of benzene rings is 9. The van der Waals surface area contributed by atoms with Crippen molar-refractivity contribution in [3.05, 3.63) is 229 Å². The lowest BCUT2D eigenvalue weighted by atomic mass is 9.81. The monoisotopic (exact) mass is 767 g/mol. The molecule has 11 rings (SSSR count). The average Bonchev–Trinajstić information content (AvgIpc) is 3.54. The molecule has 0 amide bonds. The van der Waals surface area contributed by atoms with Crippen LogP contribution in [0.3, 0.4) is 0 Å². The van der Waals surface area contributed by atoms with Crippen LogP contribution in [0, 0.1) is 0 Å². The van der Waals surface area contributed by atoms with Crippen LogP contribution >= 0.6 is 0 Å². The van der Waals surface area contributed by atoms with E-state index in [0.29, 0.717) is 0 Å². The van der Waals surface area contributed by atoms with Crippen LogP contribution in [0.2, 0.25) is 0 Å². The summed E-state index contributed by atoms with van der Waals surface area (Å²) in [6.07, 6.45) is 6.83. The summed E-state index contributed by atoms with van der Waals surface area (Å²) in [5.74, 6) is 0. The van der Waals surface area contributed by atoms with Crippen LogP contribution in [-0.2, 0) is 11.8 Å². The second kappa shape index (κ2) is 14.6. The van der Waals surface area contributed by atoms with Gasteiger partial charge in [-0.15, -0.1) is 0 Å². The highest BCUT2D eigenvalue weighted by molar-refractivity contribution is 5.96. The standard InChI is InChI=1S/C59H45N/c1-59(2)57-38-46(44-23-21-42(22-24-44)40-13-5-3-6-14-40)29-35-54(57)55-36-34-50(39-58(55)59)60(48-30-25-43(26-31-48)41-15-7-4-8-16-41)49-32-27-45(28-33-49)56-37-47-17-9-10-18-51(47)52-19-11-12-20-53(52)56/h3-10,12-18,20-39H,11,19H2,1-2H3. The zero-order valence-electron chi connectivity index (χ0n) is 34.1. The van der Waals surface area contributed by atoms with Crippen molar-refractivity contribution in [1.82, 2.24) is 0 Å². The molecule has 0 radical (unpaired) electrons. The van der Waals surface area contributed by atoms with E-state index >= 15 is 0 Å². The normalized spacial score (nSPS) is 13.4. The van der Waals surface area contributed by atoms with Crippen LogP contribution in [0.5, 0.6) is 0 Å². The number of allylic oxidation sites excluding steroid dienone is 1. The van der Waals surface area contributed by atoms with Gasteiger partial charge in [-0.1, -0.05) is 178 Å². The number of anilines is 3. The average molecular weight is 768 g/mol. The Morgan fingerprint density at radius 2 is 0.883 bits per heavy atom. The zero-order valence-corrected chi connectivity index (χ0v) is 34.1. The zero-order chi connectivity index (χ0) is 40.2. The second-order valence-electron chi connectivity index (χ2n) is 16.8. The summed E-state index contributed by atoms with van der Waals surface area (Å²) in [6, 6.07) is 73.9. The van der Waals surface area contributed by atoms with Crippen molar-refractivity contribution in [2.45, 2.75) is 32.1 Å². The predicted molar refractivity (Wildman–Crippen MR) is 255 cm³/mol. The molecule has 0 bridgehead atoms. The van der Waals surface area contributed by atoms with Crippen molar-refractivity contribution >= 4 is 33.9 Å². The summed E-state index contributed by atoms with van der Waals surface area (Å²) in [4.78, 5) is 2.42. The number of aryl methyl sites for hydroxylation is 1. The van der Waals surface area contributed by atoms with Crippen molar-refractivity contribution in [2.75, 3.05) is 4.90 Å². The molecule has 0 aliphatic heterocycles. The largest absolute Gasteiger partial charge is 0.310 e. The Balaban J connectivity index is 0.978. The molecule has 9 aromatic carbocycles. The Labute approximate surface area is 353 Å². The molecule has 9 aromatic rings. The Morgan fingerprint density at radius 3 is 1.53 bits per heavy atom. The van der Waals surface area contributed by atoms with Crippen LogP contribution in [0.4, 0.5) is 17.1 Å². The molecule has 0 atom stereocenters. The first-order valence-electron chi connectivity index (χ1n) is 21.2. The molecule has 1 heteroatoms. The first-order valence-corrected chi connectivity index (χ1v) is 21.2. The molecule has 2 aliphatic carbocycles. The molecular weight excluding hydrogens is 723 g/mol. The van der Waals surface area contributed by atoms with Gasteiger partial charge in [0, 0.05) is 22.5 Å². The van der Waals surface area contributed by atoms with Gasteiger partial charge in [0.25, 0.3) is 0 Å². The van der Waals surface area contributed by atoms with Gasteiger partial charge in [-0.05, 0) is 150 Å². The minimum atomic E-state index is -0.184. The Kier molecular flexibility index (Phi) is 8.71. The minimum Gasteiger partial charge on any atom is -0.310 e. The molecule has 0 saturated heterocycles. The van der Waals surface area contributed by atoms with Crippen LogP contribution in [0.1, 0.15) is 42.5 Å². The SMILES string of the molecule is CC1(C)c2cc(-c3ccc(-c4ccccc4)cc3)ccc2-c2ccc(N(c3ccc(-c4ccccc4)cc3)c3ccc(-c4cc5ccccc5c5c4C=CCC5)cc3)cc21. The number of fused-ring (bicyclic) bond motifs is 6. The highest BCUT2D eigenvalue weighted by Gasteiger charge is 2.36. The maximum atomic E-state index is 2.44. The number of hydrogen-bond acceptors (Lipinski definition) is 1. The third-order valence-corrected chi connectivity index (χ3v) is 13.0. The second-order valence-corrected chi connectivity index (χ2v) is 16.8. The lowest BCUT2D eigenvalue weighted by Gasteiger charge is -2.28. The van der Waals surface area contributed by atoms with E-state index in [1.54, 1.807) is 0 Å². The first kappa shape index (κ1) is 35.9. The van der Waals surface area contributed by atoms with Gasteiger partial charge in [0.1, 0.15) is 0 Å². The van der Waals surface area contributed by atoms with Crippen LogP contribution < -0.4 is 4.90 Å². The van der Waals surface area contributed by atoms with Crippen molar-refractivity contribution in [2.24, 2.45) is 0 Å². The van der Waals surface area contributed by atoms with E-state index in [0.717, 1.165) is 29.9 Å². The van der Waals surface area contributed by atoms with Crippen LogP contribution in [0.25, 0.3) is 72.5 Å². The van der Waals surface area contributed by atoms with E-state index in [1.165, 1.54) is 88.7 Å². The fourth-order valence-corrected chi connectivity index (χ4v) is 9.77. The molecule has 0 saturated carbocycles. The fourth-order valence-electron chi connectivity index (χ4n) is 9.77. The smallest absolute Gasteiger partial charge is 0.0465 e. The van der Waals surface area contributed by atoms with Crippen molar-refractivity contribution < 1.29 is 0 Å². The van der Waals surface area contributed by atoms with Gasteiger partial charge in [-0.3, -0.25) is 0 Å². The van der Waals surface area contributed by atoms with Crippen molar-refractivity contribution in [1.29, 1.82) is 0 Å². The van der Waals surface area contributed by atoms with E-state index in [4.69, 9.17) is 0 Å². The number of nitrogens with zero attached hydrogens (tertiary/aromatic N) is 1. The summed E-state index contributed by atoms with van der Waals surface area (Å²) < 4.78 is 0. The van der Waals surface area contributed by atoms with Gasteiger partial charge in [0.05, 0.1) is 0 Å². The van der Waals surface area contributed by atoms with Gasteiger partial charge in [0.2, 0.25) is 0 Å². The first-order chi connectivity index (χ1) is 29.5. The van der Waals surface area contributed by atoms with E-state index in [1.807, 2.05) is 0 Å². The molecule has 0 N–H and O–H groups in total. The number of hydrogen-bond donors (Lipinski definition) is 0. The Hall–Kier alpha value is -7.22. The van der Waals surface area contributed by atoms with Crippen molar-refractivity contribution in [3.8, 4) is 55.6 Å². The Bertz CT molecular complexity index is 3060. The lowest BCUT2D eigenvalue weighted by molar-refractivity contribution is 0.660.